The largest absolute Gasteiger partial charge is 0.393 e. The van der Waals surface area contributed by atoms with E-state index in [1.54, 1.807) is 13.8 Å². The van der Waals surface area contributed by atoms with E-state index in [0.717, 1.165) is 19.3 Å². The van der Waals surface area contributed by atoms with E-state index < -0.39 is 17.3 Å². The van der Waals surface area contributed by atoms with Crippen LogP contribution in [-0.2, 0) is 0 Å². The Hall–Kier alpha value is -0.120. The molecular formula is C15H28O3. The maximum absolute atomic E-state index is 10.6. The monoisotopic (exact) mass is 256 g/mol. The smallest absolute Gasteiger partial charge is 0.0653 e. The summed E-state index contributed by atoms with van der Waals surface area (Å²) in [6.45, 7) is 7.64. The molecule has 5 unspecified atom stereocenters. The van der Waals surface area contributed by atoms with E-state index in [4.69, 9.17) is 0 Å². The number of aliphatic hydroxyl groups excluding tert-OH is 1. The van der Waals surface area contributed by atoms with Crippen molar-refractivity contribution >= 4 is 0 Å². The molecule has 0 aromatic rings. The van der Waals surface area contributed by atoms with Crippen molar-refractivity contribution in [2.75, 3.05) is 0 Å². The van der Waals surface area contributed by atoms with Gasteiger partial charge >= 0.3 is 0 Å². The Morgan fingerprint density at radius 1 is 1.17 bits per heavy atom. The summed E-state index contributed by atoms with van der Waals surface area (Å²) in [4.78, 5) is 0. The van der Waals surface area contributed by atoms with Crippen LogP contribution in [0, 0.1) is 17.3 Å². The first-order valence-electron chi connectivity index (χ1n) is 7.19. The molecule has 3 nitrogen and oxygen atoms in total. The molecule has 3 N–H and O–H groups in total. The number of hydrogen-bond donors (Lipinski definition) is 3. The molecule has 5 atom stereocenters. The van der Waals surface area contributed by atoms with Gasteiger partial charge < -0.3 is 15.3 Å². The lowest BCUT2D eigenvalue weighted by atomic mass is 9.51. The van der Waals surface area contributed by atoms with Crippen LogP contribution in [0.15, 0.2) is 0 Å². The van der Waals surface area contributed by atoms with Crippen molar-refractivity contribution in [2.45, 2.75) is 77.1 Å². The van der Waals surface area contributed by atoms with Gasteiger partial charge in [-0.05, 0) is 57.8 Å². The summed E-state index contributed by atoms with van der Waals surface area (Å²) in [5, 5.41) is 31.2. The van der Waals surface area contributed by atoms with Crippen molar-refractivity contribution in [3.63, 3.8) is 0 Å². The van der Waals surface area contributed by atoms with Gasteiger partial charge in [-0.2, -0.15) is 0 Å². The highest BCUT2D eigenvalue weighted by Gasteiger charge is 2.55. The van der Waals surface area contributed by atoms with Gasteiger partial charge in [-0.25, -0.2) is 0 Å². The first-order chi connectivity index (χ1) is 8.06. The summed E-state index contributed by atoms with van der Waals surface area (Å²) in [6, 6.07) is 0. The minimum Gasteiger partial charge on any atom is -0.393 e. The number of aliphatic hydroxyl groups is 3. The lowest BCUT2D eigenvalue weighted by molar-refractivity contribution is -0.176. The summed E-state index contributed by atoms with van der Waals surface area (Å²) >= 11 is 0. The molecule has 2 aliphatic rings. The van der Waals surface area contributed by atoms with Gasteiger partial charge in [-0.15, -0.1) is 0 Å². The van der Waals surface area contributed by atoms with Crippen LogP contribution in [0.1, 0.15) is 59.8 Å². The van der Waals surface area contributed by atoms with Gasteiger partial charge in [0.05, 0.1) is 17.3 Å². The average Bonchev–Trinajstić information content (AvgIpc) is 2.12. The van der Waals surface area contributed by atoms with E-state index >= 15 is 0 Å². The standard InChI is InChI=1S/C15H28O3/c1-13(2,17)10-8-12-14(3,9-11(10)16)6-5-7-15(12,4)18/h10-12,16-18H,5-9H2,1-4H3. The zero-order chi connectivity index (χ0) is 13.8. The van der Waals surface area contributed by atoms with Crippen LogP contribution in [0.2, 0.25) is 0 Å². The molecule has 0 aromatic carbocycles. The summed E-state index contributed by atoms with van der Waals surface area (Å²) in [5.74, 6) is 0.0405. The van der Waals surface area contributed by atoms with Crippen LogP contribution < -0.4 is 0 Å². The molecule has 2 aliphatic carbocycles. The molecule has 2 rings (SSSR count). The molecule has 0 bridgehead atoms. The molecule has 0 aromatic heterocycles. The second kappa shape index (κ2) is 4.19. The predicted octanol–water partition coefficient (Wildman–Crippen LogP) is 2.09. The topological polar surface area (TPSA) is 60.7 Å². The van der Waals surface area contributed by atoms with Crippen molar-refractivity contribution in [1.29, 1.82) is 0 Å². The maximum atomic E-state index is 10.6. The molecule has 0 radical (unpaired) electrons. The quantitative estimate of drug-likeness (QED) is 0.673. The van der Waals surface area contributed by atoms with Crippen molar-refractivity contribution in [1.82, 2.24) is 0 Å². The van der Waals surface area contributed by atoms with Gasteiger partial charge in [0, 0.05) is 5.92 Å². The van der Waals surface area contributed by atoms with Gasteiger partial charge in [-0.1, -0.05) is 13.3 Å². The summed E-state index contributed by atoms with van der Waals surface area (Å²) < 4.78 is 0. The summed E-state index contributed by atoms with van der Waals surface area (Å²) in [7, 11) is 0. The zero-order valence-corrected chi connectivity index (χ0v) is 12.1. The Morgan fingerprint density at radius 2 is 1.78 bits per heavy atom. The highest BCUT2D eigenvalue weighted by atomic mass is 16.3. The van der Waals surface area contributed by atoms with Crippen LogP contribution in [-0.4, -0.2) is 32.6 Å². The Kier molecular flexibility index (Phi) is 3.33. The van der Waals surface area contributed by atoms with E-state index in [9.17, 15) is 15.3 Å². The highest BCUT2D eigenvalue weighted by molar-refractivity contribution is 5.05. The van der Waals surface area contributed by atoms with Crippen molar-refractivity contribution in [3.05, 3.63) is 0 Å². The SMILES string of the molecule is CC(C)(O)C1CC2C(C)(O)CCCC2(C)CC1O. The Labute approximate surface area is 110 Å². The van der Waals surface area contributed by atoms with E-state index in [-0.39, 0.29) is 17.3 Å². The third kappa shape index (κ3) is 2.33. The lowest BCUT2D eigenvalue weighted by Gasteiger charge is -2.57. The normalized spacial score (nSPS) is 49.8. The van der Waals surface area contributed by atoms with Crippen molar-refractivity contribution in [2.24, 2.45) is 17.3 Å². The molecule has 0 spiro atoms. The molecule has 2 saturated carbocycles. The predicted molar refractivity (Wildman–Crippen MR) is 71.1 cm³/mol. The molecular weight excluding hydrogens is 228 g/mol. The van der Waals surface area contributed by atoms with Crippen LogP contribution in [0.25, 0.3) is 0 Å². The van der Waals surface area contributed by atoms with Gasteiger partial charge in [0.2, 0.25) is 0 Å². The van der Waals surface area contributed by atoms with Gasteiger partial charge in [0.25, 0.3) is 0 Å². The molecule has 0 amide bonds. The van der Waals surface area contributed by atoms with Crippen molar-refractivity contribution in [3.8, 4) is 0 Å². The fourth-order valence-corrected chi connectivity index (χ4v) is 4.52. The van der Waals surface area contributed by atoms with Crippen molar-refractivity contribution < 1.29 is 15.3 Å². The lowest BCUT2D eigenvalue weighted by Crippen LogP contribution is -2.57. The van der Waals surface area contributed by atoms with E-state index in [2.05, 4.69) is 6.92 Å². The maximum Gasteiger partial charge on any atom is 0.0653 e. The third-order valence-electron chi connectivity index (χ3n) is 5.56. The van der Waals surface area contributed by atoms with E-state index in [1.807, 2.05) is 6.92 Å². The fourth-order valence-electron chi connectivity index (χ4n) is 4.52. The molecule has 2 fully saturated rings. The number of fused-ring (bicyclic) bond motifs is 1. The third-order valence-corrected chi connectivity index (χ3v) is 5.56. The van der Waals surface area contributed by atoms with Crippen LogP contribution >= 0.6 is 0 Å². The van der Waals surface area contributed by atoms with Crippen LogP contribution in [0.3, 0.4) is 0 Å². The Bertz CT molecular complexity index is 318. The molecule has 0 aliphatic heterocycles. The first kappa shape index (κ1) is 14.3. The Morgan fingerprint density at radius 3 is 2.33 bits per heavy atom. The first-order valence-corrected chi connectivity index (χ1v) is 7.19. The molecule has 3 heteroatoms. The van der Waals surface area contributed by atoms with Gasteiger partial charge in [0.15, 0.2) is 0 Å². The van der Waals surface area contributed by atoms with Gasteiger partial charge in [0.1, 0.15) is 0 Å². The average molecular weight is 256 g/mol. The second-order valence-electron chi connectivity index (χ2n) is 7.68. The molecule has 0 saturated heterocycles. The Balaban J connectivity index is 2.28. The molecule has 18 heavy (non-hydrogen) atoms. The minimum absolute atomic E-state index is 0.0168. The molecule has 106 valence electrons. The van der Waals surface area contributed by atoms with Crippen LogP contribution in [0.4, 0.5) is 0 Å². The number of rotatable bonds is 1. The fraction of sp³-hybridized carbons (Fsp3) is 1.00. The zero-order valence-electron chi connectivity index (χ0n) is 12.1. The van der Waals surface area contributed by atoms with Gasteiger partial charge in [-0.3, -0.25) is 0 Å². The summed E-state index contributed by atoms with van der Waals surface area (Å²) in [6.07, 6.45) is 3.89. The summed E-state index contributed by atoms with van der Waals surface area (Å²) in [5.41, 5.74) is -1.52. The number of hydrogen-bond acceptors (Lipinski definition) is 3. The van der Waals surface area contributed by atoms with E-state index in [1.165, 1.54) is 0 Å². The highest BCUT2D eigenvalue weighted by Crippen LogP contribution is 2.56. The molecule has 0 heterocycles. The van der Waals surface area contributed by atoms with E-state index in [0.29, 0.717) is 12.8 Å². The minimum atomic E-state index is -0.881. The van der Waals surface area contributed by atoms with Crippen LogP contribution in [0.5, 0.6) is 0 Å². The second-order valence-corrected chi connectivity index (χ2v) is 7.68.